The van der Waals surface area contributed by atoms with E-state index in [4.69, 9.17) is 17.3 Å². The first-order valence-corrected chi connectivity index (χ1v) is 8.09. The molecule has 0 saturated carbocycles. The first kappa shape index (κ1) is 14.3. The fourth-order valence-corrected chi connectivity index (χ4v) is 4.01. The van der Waals surface area contributed by atoms with Gasteiger partial charge in [-0.25, -0.2) is 8.42 Å². The Balaban J connectivity index is 1.99. The zero-order valence-corrected chi connectivity index (χ0v) is 11.8. The number of halogens is 1. The summed E-state index contributed by atoms with van der Waals surface area (Å²) in [5, 5.41) is 3.61. The Morgan fingerprint density at radius 3 is 2.74 bits per heavy atom. The lowest BCUT2D eigenvalue weighted by Crippen LogP contribution is -2.29. The van der Waals surface area contributed by atoms with Gasteiger partial charge < -0.3 is 11.1 Å². The summed E-state index contributed by atoms with van der Waals surface area (Å²) in [7, 11) is -2.88. The molecule has 1 atom stereocenters. The van der Waals surface area contributed by atoms with E-state index in [0.717, 1.165) is 5.56 Å². The molecule has 2 rings (SSSR count). The van der Waals surface area contributed by atoms with E-state index in [-0.39, 0.29) is 17.5 Å². The first-order valence-electron chi connectivity index (χ1n) is 5.89. The number of rotatable bonds is 4. The topological polar surface area (TPSA) is 89.3 Å². The summed E-state index contributed by atoms with van der Waals surface area (Å²) in [4.78, 5) is 11.0. The molecule has 19 heavy (non-hydrogen) atoms. The van der Waals surface area contributed by atoms with Crippen molar-refractivity contribution in [3.63, 3.8) is 0 Å². The largest absolute Gasteiger partial charge is 0.366 e. The number of benzene rings is 1. The van der Waals surface area contributed by atoms with Crippen molar-refractivity contribution >= 4 is 27.3 Å². The molecule has 0 aromatic heterocycles. The van der Waals surface area contributed by atoms with Gasteiger partial charge in [0.25, 0.3) is 0 Å². The number of sulfone groups is 1. The summed E-state index contributed by atoms with van der Waals surface area (Å²) in [6.45, 7) is 0.470. The fourth-order valence-electron chi connectivity index (χ4n) is 2.05. The van der Waals surface area contributed by atoms with Gasteiger partial charge in [0.1, 0.15) is 0 Å². The first-order chi connectivity index (χ1) is 8.87. The summed E-state index contributed by atoms with van der Waals surface area (Å²) in [6, 6.07) is 4.82. The lowest BCUT2D eigenvalue weighted by atomic mass is 10.1. The minimum absolute atomic E-state index is 0.0307. The highest BCUT2D eigenvalue weighted by atomic mass is 35.5. The number of nitrogens with one attached hydrogen (secondary N) is 1. The van der Waals surface area contributed by atoms with Crippen molar-refractivity contribution in [1.29, 1.82) is 0 Å². The Morgan fingerprint density at radius 1 is 1.47 bits per heavy atom. The van der Waals surface area contributed by atoms with E-state index in [0.29, 0.717) is 23.6 Å². The lowest BCUT2D eigenvalue weighted by molar-refractivity contribution is 0.100. The minimum atomic E-state index is -2.88. The molecular weight excluding hydrogens is 288 g/mol. The smallest absolute Gasteiger partial charge is 0.248 e. The molecule has 0 spiro atoms. The van der Waals surface area contributed by atoms with Crippen LogP contribution in [0.25, 0.3) is 0 Å². The highest BCUT2D eigenvalue weighted by Gasteiger charge is 2.27. The second-order valence-electron chi connectivity index (χ2n) is 4.65. The quantitative estimate of drug-likeness (QED) is 0.857. The highest BCUT2D eigenvalue weighted by Crippen LogP contribution is 2.19. The maximum absolute atomic E-state index is 11.3. The molecular formula is C12H15ClN2O3S. The van der Waals surface area contributed by atoms with Gasteiger partial charge in [0.15, 0.2) is 9.84 Å². The molecule has 1 fully saturated rings. The van der Waals surface area contributed by atoms with Gasteiger partial charge in [-0.15, -0.1) is 0 Å². The summed E-state index contributed by atoms with van der Waals surface area (Å²) < 4.78 is 22.6. The Morgan fingerprint density at radius 2 is 2.21 bits per heavy atom. The van der Waals surface area contributed by atoms with Crippen molar-refractivity contribution < 1.29 is 13.2 Å². The second-order valence-corrected chi connectivity index (χ2v) is 7.29. The number of primary amides is 1. The summed E-state index contributed by atoms with van der Waals surface area (Å²) in [5.74, 6) is -0.119. The maximum atomic E-state index is 11.3. The standard InChI is InChI=1S/C12H15ClN2O3S/c13-11-5-8(12(14)16)1-2-9(11)6-15-10-3-4-19(17,18)7-10/h1-2,5,10,15H,3-4,6-7H2,(H2,14,16). The van der Waals surface area contributed by atoms with Crippen LogP contribution in [-0.4, -0.2) is 31.9 Å². The summed E-state index contributed by atoms with van der Waals surface area (Å²) in [6.07, 6.45) is 0.624. The van der Waals surface area contributed by atoms with Crippen molar-refractivity contribution in [1.82, 2.24) is 5.32 Å². The predicted molar refractivity (Wildman–Crippen MR) is 73.9 cm³/mol. The lowest BCUT2D eigenvalue weighted by Gasteiger charge is -2.12. The van der Waals surface area contributed by atoms with Gasteiger partial charge in [-0.1, -0.05) is 17.7 Å². The van der Waals surface area contributed by atoms with Crippen LogP contribution < -0.4 is 11.1 Å². The van der Waals surface area contributed by atoms with E-state index >= 15 is 0 Å². The molecule has 1 aliphatic rings. The molecule has 1 saturated heterocycles. The Hall–Kier alpha value is -1.11. The average Bonchev–Trinajstić information content (AvgIpc) is 2.67. The van der Waals surface area contributed by atoms with E-state index in [9.17, 15) is 13.2 Å². The van der Waals surface area contributed by atoms with Crippen LogP contribution in [0.5, 0.6) is 0 Å². The van der Waals surface area contributed by atoms with Crippen molar-refractivity contribution in [2.24, 2.45) is 5.73 Å². The molecule has 1 amide bonds. The van der Waals surface area contributed by atoms with Crippen molar-refractivity contribution in [3.8, 4) is 0 Å². The van der Waals surface area contributed by atoms with Gasteiger partial charge in [0.05, 0.1) is 11.5 Å². The second kappa shape index (κ2) is 5.48. The number of hydrogen-bond acceptors (Lipinski definition) is 4. The van der Waals surface area contributed by atoms with Crippen molar-refractivity contribution in [2.45, 2.75) is 19.0 Å². The average molecular weight is 303 g/mol. The van der Waals surface area contributed by atoms with E-state index in [1.54, 1.807) is 12.1 Å². The SMILES string of the molecule is NC(=O)c1ccc(CNC2CCS(=O)(=O)C2)c(Cl)c1. The van der Waals surface area contributed by atoms with Crippen LogP contribution in [-0.2, 0) is 16.4 Å². The molecule has 1 aliphatic heterocycles. The van der Waals surface area contributed by atoms with Crippen LogP contribution in [0.1, 0.15) is 22.3 Å². The van der Waals surface area contributed by atoms with Crippen LogP contribution in [0.15, 0.2) is 18.2 Å². The number of hydrogen-bond donors (Lipinski definition) is 2. The van der Waals surface area contributed by atoms with Gasteiger partial charge in [-0.2, -0.15) is 0 Å². The monoisotopic (exact) mass is 302 g/mol. The number of amides is 1. The maximum Gasteiger partial charge on any atom is 0.248 e. The number of nitrogens with two attached hydrogens (primary N) is 1. The van der Waals surface area contributed by atoms with Crippen LogP contribution in [0, 0.1) is 0 Å². The normalized spacial score (nSPS) is 21.4. The molecule has 1 aromatic carbocycles. The Kier molecular flexibility index (Phi) is 4.13. The molecule has 0 aliphatic carbocycles. The van der Waals surface area contributed by atoms with Crippen LogP contribution >= 0.6 is 11.6 Å². The predicted octanol–water partition coefficient (Wildman–Crippen LogP) is 0.716. The molecule has 3 N–H and O–H groups in total. The highest BCUT2D eigenvalue weighted by molar-refractivity contribution is 7.91. The van der Waals surface area contributed by atoms with Crippen LogP contribution in [0.2, 0.25) is 5.02 Å². The number of carbonyl (C=O) groups excluding carboxylic acids is 1. The fraction of sp³-hybridized carbons (Fsp3) is 0.417. The molecule has 0 bridgehead atoms. The van der Waals surface area contributed by atoms with E-state index < -0.39 is 15.7 Å². The van der Waals surface area contributed by atoms with Gasteiger partial charge in [-0.3, -0.25) is 4.79 Å². The third-order valence-corrected chi connectivity index (χ3v) is 5.27. The van der Waals surface area contributed by atoms with Gasteiger partial charge >= 0.3 is 0 Å². The molecule has 7 heteroatoms. The zero-order chi connectivity index (χ0) is 14.0. The Labute approximate surface area is 117 Å². The molecule has 0 radical (unpaired) electrons. The minimum Gasteiger partial charge on any atom is -0.366 e. The molecule has 1 heterocycles. The van der Waals surface area contributed by atoms with E-state index in [1.165, 1.54) is 6.07 Å². The van der Waals surface area contributed by atoms with Gasteiger partial charge in [0, 0.05) is 23.2 Å². The van der Waals surface area contributed by atoms with Crippen LogP contribution in [0.3, 0.4) is 0 Å². The van der Waals surface area contributed by atoms with E-state index in [1.807, 2.05) is 0 Å². The molecule has 104 valence electrons. The zero-order valence-electron chi connectivity index (χ0n) is 10.2. The Bertz CT molecular complexity index is 601. The summed E-state index contributed by atoms with van der Waals surface area (Å²) in [5.41, 5.74) is 6.33. The molecule has 5 nitrogen and oxygen atoms in total. The molecule has 1 aromatic rings. The van der Waals surface area contributed by atoms with Crippen LogP contribution in [0.4, 0.5) is 0 Å². The number of carbonyl (C=O) groups is 1. The summed E-state index contributed by atoms with van der Waals surface area (Å²) >= 11 is 6.05. The van der Waals surface area contributed by atoms with Crippen molar-refractivity contribution in [3.05, 3.63) is 34.3 Å². The molecule has 1 unspecified atom stereocenters. The third kappa shape index (κ3) is 3.68. The third-order valence-electron chi connectivity index (χ3n) is 3.15. The van der Waals surface area contributed by atoms with Crippen molar-refractivity contribution in [2.75, 3.05) is 11.5 Å². The van der Waals surface area contributed by atoms with Gasteiger partial charge in [-0.05, 0) is 24.1 Å². The van der Waals surface area contributed by atoms with E-state index in [2.05, 4.69) is 5.32 Å². The van der Waals surface area contributed by atoms with Gasteiger partial charge in [0.2, 0.25) is 5.91 Å².